The van der Waals surface area contributed by atoms with E-state index in [0.29, 0.717) is 17.8 Å². The van der Waals surface area contributed by atoms with Crippen LogP contribution in [0.25, 0.3) is 0 Å². The Hall–Kier alpha value is -1.89. The van der Waals surface area contributed by atoms with Crippen LogP contribution < -0.4 is 15.5 Å². The molecule has 0 saturated carbocycles. The van der Waals surface area contributed by atoms with Gasteiger partial charge >= 0.3 is 0 Å². The van der Waals surface area contributed by atoms with Crippen LogP contribution in [0.2, 0.25) is 0 Å². The van der Waals surface area contributed by atoms with E-state index in [1.54, 1.807) is 7.05 Å². The molecule has 2 aromatic rings. The molecule has 0 saturated heterocycles. The van der Waals surface area contributed by atoms with E-state index in [4.69, 9.17) is 0 Å². The smallest absolute Gasteiger partial charge is 0.233 e. The van der Waals surface area contributed by atoms with Gasteiger partial charge in [0.05, 0.1) is 0 Å². The monoisotopic (exact) mass is 336 g/mol. The Morgan fingerprint density at radius 1 is 1.10 bits per heavy atom. The fraction of sp³-hybridized carbons (Fsp3) is 0.308. The minimum atomic E-state index is 0.509. The van der Waals surface area contributed by atoms with Crippen molar-refractivity contribution >= 4 is 39.5 Å². The molecule has 0 unspecified atom stereocenters. The highest BCUT2D eigenvalue weighted by molar-refractivity contribution is 9.10. The summed E-state index contributed by atoms with van der Waals surface area (Å²) in [6, 6.07) is 5.95. The van der Waals surface area contributed by atoms with Crippen molar-refractivity contribution in [3.8, 4) is 0 Å². The maximum absolute atomic E-state index is 4.38. The third-order valence-corrected chi connectivity index (χ3v) is 3.62. The van der Waals surface area contributed by atoms with Crippen LogP contribution in [-0.4, -0.2) is 36.1 Å². The molecule has 0 aliphatic carbocycles. The number of rotatable bonds is 4. The van der Waals surface area contributed by atoms with Crippen LogP contribution in [0.4, 0.5) is 23.5 Å². The molecule has 0 radical (unpaired) electrons. The summed E-state index contributed by atoms with van der Waals surface area (Å²) in [5.74, 6) is 1.63. The molecule has 1 aromatic heterocycles. The zero-order chi connectivity index (χ0) is 14.7. The maximum Gasteiger partial charge on any atom is 0.233 e. The first-order valence-electron chi connectivity index (χ1n) is 6.14. The van der Waals surface area contributed by atoms with Crippen molar-refractivity contribution in [2.24, 2.45) is 0 Å². The maximum atomic E-state index is 4.38. The number of aromatic nitrogens is 3. The molecule has 0 amide bonds. The van der Waals surface area contributed by atoms with Crippen LogP contribution in [0, 0.1) is 6.92 Å². The fourth-order valence-corrected chi connectivity index (χ4v) is 1.96. The first kappa shape index (κ1) is 14.5. The normalized spacial score (nSPS) is 10.2. The second-order valence-electron chi connectivity index (χ2n) is 4.46. The van der Waals surface area contributed by atoms with Gasteiger partial charge in [-0.25, -0.2) is 0 Å². The lowest BCUT2D eigenvalue weighted by atomic mass is 10.2. The summed E-state index contributed by atoms with van der Waals surface area (Å²) >= 11 is 3.51. The van der Waals surface area contributed by atoms with Gasteiger partial charge in [0.2, 0.25) is 17.8 Å². The minimum Gasteiger partial charge on any atom is -0.357 e. The van der Waals surface area contributed by atoms with Gasteiger partial charge in [-0.2, -0.15) is 15.0 Å². The predicted molar refractivity (Wildman–Crippen MR) is 85.9 cm³/mol. The van der Waals surface area contributed by atoms with Crippen LogP contribution in [0.5, 0.6) is 0 Å². The van der Waals surface area contributed by atoms with Crippen LogP contribution in [-0.2, 0) is 0 Å². The molecule has 0 spiro atoms. The van der Waals surface area contributed by atoms with Crippen molar-refractivity contribution in [1.82, 2.24) is 15.0 Å². The van der Waals surface area contributed by atoms with Crippen LogP contribution in [0.1, 0.15) is 5.56 Å². The number of nitrogens with zero attached hydrogens (tertiary/aromatic N) is 4. The van der Waals surface area contributed by atoms with E-state index >= 15 is 0 Å². The lowest BCUT2D eigenvalue weighted by Crippen LogP contribution is -2.15. The molecule has 0 atom stereocenters. The molecule has 1 aromatic carbocycles. The Labute approximate surface area is 126 Å². The Morgan fingerprint density at radius 2 is 1.80 bits per heavy atom. The topological polar surface area (TPSA) is 66.0 Å². The predicted octanol–water partition coefficient (Wildman–Crippen LogP) is 2.79. The zero-order valence-electron chi connectivity index (χ0n) is 11.9. The number of benzene rings is 1. The van der Waals surface area contributed by atoms with Gasteiger partial charge in [0.1, 0.15) is 0 Å². The number of hydrogen-bond acceptors (Lipinski definition) is 6. The third kappa shape index (κ3) is 3.16. The Balaban J connectivity index is 2.37. The summed E-state index contributed by atoms with van der Waals surface area (Å²) in [6.45, 7) is 2.03. The zero-order valence-corrected chi connectivity index (χ0v) is 13.5. The lowest BCUT2D eigenvalue weighted by Gasteiger charge is -2.14. The van der Waals surface area contributed by atoms with Crippen molar-refractivity contribution < 1.29 is 0 Å². The molecule has 2 N–H and O–H groups in total. The van der Waals surface area contributed by atoms with E-state index in [1.165, 1.54) is 0 Å². The molecule has 106 valence electrons. The van der Waals surface area contributed by atoms with Crippen molar-refractivity contribution in [3.63, 3.8) is 0 Å². The third-order valence-electron chi connectivity index (χ3n) is 2.76. The summed E-state index contributed by atoms with van der Waals surface area (Å²) in [7, 11) is 5.56. The van der Waals surface area contributed by atoms with Gasteiger partial charge in [-0.05, 0) is 24.6 Å². The van der Waals surface area contributed by atoms with Crippen molar-refractivity contribution in [2.45, 2.75) is 6.92 Å². The highest BCUT2D eigenvalue weighted by Gasteiger charge is 2.09. The van der Waals surface area contributed by atoms with Gasteiger partial charge in [-0.1, -0.05) is 22.0 Å². The highest BCUT2D eigenvalue weighted by atomic mass is 79.9. The summed E-state index contributed by atoms with van der Waals surface area (Å²) in [5, 5.41) is 6.16. The van der Waals surface area contributed by atoms with Gasteiger partial charge in [-0.15, -0.1) is 0 Å². The van der Waals surface area contributed by atoms with Gasteiger partial charge in [0, 0.05) is 31.3 Å². The van der Waals surface area contributed by atoms with E-state index in [-0.39, 0.29) is 0 Å². The van der Waals surface area contributed by atoms with Crippen LogP contribution >= 0.6 is 15.9 Å². The highest BCUT2D eigenvalue weighted by Crippen LogP contribution is 2.25. The first-order valence-corrected chi connectivity index (χ1v) is 6.94. The van der Waals surface area contributed by atoms with Gasteiger partial charge in [0.15, 0.2) is 0 Å². The van der Waals surface area contributed by atoms with E-state index in [2.05, 4.69) is 41.5 Å². The lowest BCUT2D eigenvalue weighted by molar-refractivity contribution is 0.962. The summed E-state index contributed by atoms with van der Waals surface area (Å²) < 4.78 is 1.04. The summed E-state index contributed by atoms with van der Waals surface area (Å²) in [4.78, 5) is 14.8. The summed E-state index contributed by atoms with van der Waals surface area (Å²) in [6.07, 6.45) is 0. The molecule has 0 aliphatic rings. The van der Waals surface area contributed by atoms with E-state index < -0.39 is 0 Å². The molecular weight excluding hydrogens is 320 g/mol. The van der Waals surface area contributed by atoms with Crippen molar-refractivity contribution in [1.29, 1.82) is 0 Å². The first-order chi connectivity index (χ1) is 9.51. The number of hydrogen-bond donors (Lipinski definition) is 2. The fourth-order valence-electron chi connectivity index (χ4n) is 1.60. The Kier molecular flexibility index (Phi) is 4.39. The van der Waals surface area contributed by atoms with E-state index in [0.717, 1.165) is 15.7 Å². The molecule has 0 aliphatic heterocycles. The summed E-state index contributed by atoms with van der Waals surface area (Å²) in [5.41, 5.74) is 2.06. The van der Waals surface area contributed by atoms with E-state index in [1.807, 2.05) is 44.1 Å². The SMILES string of the molecule is CNc1nc(Nc2cccc(Br)c2C)nc(N(C)C)n1. The van der Waals surface area contributed by atoms with Crippen LogP contribution in [0.3, 0.4) is 0 Å². The molecule has 1 heterocycles. The second-order valence-corrected chi connectivity index (χ2v) is 5.32. The molecular formula is C13H17BrN6. The Bertz CT molecular complexity index is 614. The molecule has 20 heavy (non-hydrogen) atoms. The molecule has 0 fully saturated rings. The average Bonchev–Trinajstić information content (AvgIpc) is 2.43. The van der Waals surface area contributed by atoms with Gasteiger partial charge in [-0.3, -0.25) is 0 Å². The largest absolute Gasteiger partial charge is 0.357 e. The number of anilines is 4. The van der Waals surface area contributed by atoms with Gasteiger partial charge < -0.3 is 15.5 Å². The molecule has 6 nitrogen and oxygen atoms in total. The number of nitrogens with one attached hydrogen (secondary N) is 2. The minimum absolute atomic E-state index is 0.509. The number of halogens is 1. The van der Waals surface area contributed by atoms with E-state index in [9.17, 15) is 0 Å². The van der Waals surface area contributed by atoms with Gasteiger partial charge in [0.25, 0.3) is 0 Å². The van der Waals surface area contributed by atoms with Crippen molar-refractivity contribution in [3.05, 3.63) is 28.2 Å². The van der Waals surface area contributed by atoms with Crippen LogP contribution in [0.15, 0.2) is 22.7 Å². The Morgan fingerprint density at radius 3 is 2.45 bits per heavy atom. The standard InChI is InChI=1S/C13H17BrN6/c1-8-9(14)6-5-7-10(8)16-12-17-11(15-2)18-13(19-12)20(3)4/h5-7H,1-4H3,(H2,15,16,17,18,19). The quantitative estimate of drug-likeness (QED) is 0.894. The molecule has 7 heteroatoms. The average molecular weight is 337 g/mol. The second kappa shape index (κ2) is 6.04. The molecule has 2 rings (SSSR count). The molecule has 0 bridgehead atoms. The van der Waals surface area contributed by atoms with Crippen molar-refractivity contribution in [2.75, 3.05) is 36.7 Å².